The van der Waals surface area contributed by atoms with Gasteiger partial charge in [0.2, 0.25) is 5.91 Å². The van der Waals surface area contributed by atoms with Crippen molar-refractivity contribution in [3.05, 3.63) is 33.8 Å². The molecular formula is C15H19Cl2NO2. The molecule has 1 aromatic carbocycles. The van der Waals surface area contributed by atoms with Gasteiger partial charge in [0.1, 0.15) is 0 Å². The Morgan fingerprint density at radius 2 is 2.10 bits per heavy atom. The van der Waals surface area contributed by atoms with Gasteiger partial charge in [-0.1, -0.05) is 29.3 Å². The maximum atomic E-state index is 11.9. The van der Waals surface area contributed by atoms with Crippen molar-refractivity contribution in [2.75, 3.05) is 6.61 Å². The van der Waals surface area contributed by atoms with E-state index in [0.29, 0.717) is 35.2 Å². The molecule has 1 aliphatic rings. The molecule has 0 spiro atoms. The fourth-order valence-corrected chi connectivity index (χ4v) is 2.62. The quantitative estimate of drug-likeness (QED) is 0.811. The minimum atomic E-state index is 0.0291. The van der Waals surface area contributed by atoms with E-state index in [1.165, 1.54) is 0 Å². The summed E-state index contributed by atoms with van der Waals surface area (Å²) in [5.41, 5.74) is 1.000. The highest BCUT2D eigenvalue weighted by Gasteiger charge is 2.31. The Balaban J connectivity index is 1.80. The highest BCUT2D eigenvalue weighted by atomic mass is 35.5. The first-order chi connectivity index (χ1) is 9.60. The summed E-state index contributed by atoms with van der Waals surface area (Å²) in [5, 5.41) is 13.1. The summed E-state index contributed by atoms with van der Waals surface area (Å²) < 4.78 is 0. The molecule has 1 aromatic rings. The Morgan fingerprint density at radius 1 is 1.35 bits per heavy atom. The van der Waals surface area contributed by atoms with Crippen molar-refractivity contribution in [3.63, 3.8) is 0 Å². The van der Waals surface area contributed by atoms with Crippen LogP contribution in [0.1, 0.15) is 31.2 Å². The van der Waals surface area contributed by atoms with Gasteiger partial charge < -0.3 is 10.4 Å². The molecule has 1 saturated carbocycles. The zero-order valence-corrected chi connectivity index (χ0v) is 12.8. The molecule has 110 valence electrons. The zero-order chi connectivity index (χ0) is 14.5. The van der Waals surface area contributed by atoms with E-state index >= 15 is 0 Å². The number of aliphatic hydroxyl groups is 1. The summed E-state index contributed by atoms with van der Waals surface area (Å²) in [6.07, 6.45) is 4.00. The van der Waals surface area contributed by atoms with Crippen molar-refractivity contribution in [1.82, 2.24) is 5.32 Å². The van der Waals surface area contributed by atoms with Crippen LogP contribution < -0.4 is 5.32 Å². The number of halogens is 2. The molecule has 2 rings (SSSR count). The van der Waals surface area contributed by atoms with Crippen molar-refractivity contribution in [1.29, 1.82) is 0 Å². The molecule has 1 unspecified atom stereocenters. The number of aryl methyl sites for hydroxylation is 1. The summed E-state index contributed by atoms with van der Waals surface area (Å²) in [5.74, 6) is 0.581. The van der Waals surface area contributed by atoms with E-state index in [2.05, 4.69) is 5.32 Å². The van der Waals surface area contributed by atoms with Gasteiger partial charge in [-0.3, -0.25) is 4.79 Å². The molecule has 1 atom stereocenters. The number of nitrogens with one attached hydrogen (secondary N) is 1. The molecule has 1 aliphatic carbocycles. The van der Waals surface area contributed by atoms with Crippen LogP contribution in [-0.2, 0) is 11.2 Å². The summed E-state index contributed by atoms with van der Waals surface area (Å²) in [4.78, 5) is 11.9. The minimum absolute atomic E-state index is 0.0291. The number of amides is 1. The molecule has 1 amide bonds. The highest BCUT2D eigenvalue weighted by molar-refractivity contribution is 6.42. The second-order valence-corrected chi connectivity index (χ2v) is 6.09. The Kier molecular flexibility index (Phi) is 5.70. The van der Waals surface area contributed by atoms with Gasteiger partial charge in [-0.15, -0.1) is 0 Å². The van der Waals surface area contributed by atoms with E-state index in [4.69, 9.17) is 28.3 Å². The standard InChI is InChI=1S/C15H19Cl2NO2/c16-12-5-1-10(9-13(12)17)2-6-15(20)18-14(7-8-19)11-3-4-11/h1,5,9,11,14,19H,2-4,6-8H2,(H,18,20). The van der Waals surface area contributed by atoms with Crippen LogP contribution in [0.5, 0.6) is 0 Å². The van der Waals surface area contributed by atoms with Crippen molar-refractivity contribution >= 4 is 29.1 Å². The third-order valence-electron chi connectivity index (χ3n) is 3.60. The van der Waals surface area contributed by atoms with Gasteiger partial charge in [-0.05, 0) is 49.3 Å². The van der Waals surface area contributed by atoms with Crippen LogP contribution >= 0.6 is 23.2 Å². The van der Waals surface area contributed by atoms with E-state index < -0.39 is 0 Å². The Morgan fingerprint density at radius 3 is 2.70 bits per heavy atom. The van der Waals surface area contributed by atoms with E-state index in [-0.39, 0.29) is 18.6 Å². The number of carbonyl (C=O) groups excluding carboxylic acids is 1. The smallest absolute Gasteiger partial charge is 0.220 e. The Labute approximate surface area is 129 Å². The fraction of sp³-hybridized carbons (Fsp3) is 0.533. The molecule has 1 fully saturated rings. The predicted molar refractivity (Wildman–Crippen MR) is 81.1 cm³/mol. The van der Waals surface area contributed by atoms with Crippen LogP contribution in [-0.4, -0.2) is 23.7 Å². The van der Waals surface area contributed by atoms with E-state index in [1.54, 1.807) is 12.1 Å². The molecule has 0 aliphatic heterocycles. The van der Waals surface area contributed by atoms with Crippen LogP contribution in [0, 0.1) is 5.92 Å². The maximum absolute atomic E-state index is 11.9. The maximum Gasteiger partial charge on any atom is 0.220 e. The minimum Gasteiger partial charge on any atom is -0.396 e. The van der Waals surface area contributed by atoms with Crippen LogP contribution in [0.4, 0.5) is 0 Å². The first-order valence-electron chi connectivity index (χ1n) is 6.94. The fourth-order valence-electron chi connectivity index (χ4n) is 2.30. The molecule has 0 saturated heterocycles. The topological polar surface area (TPSA) is 49.3 Å². The van der Waals surface area contributed by atoms with Gasteiger partial charge in [0.05, 0.1) is 10.0 Å². The summed E-state index contributed by atoms with van der Waals surface area (Å²) >= 11 is 11.8. The third kappa shape index (κ3) is 4.65. The third-order valence-corrected chi connectivity index (χ3v) is 4.34. The molecule has 3 nitrogen and oxygen atoms in total. The van der Waals surface area contributed by atoms with Crippen molar-refractivity contribution in [2.24, 2.45) is 5.92 Å². The van der Waals surface area contributed by atoms with Gasteiger partial charge in [0.15, 0.2) is 0 Å². The monoisotopic (exact) mass is 315 g/mol. The van der Waals surface area contributed by atoms with Crippen molar-refractivity contribution in [2.45, 2.75) is 38.1 Å². The number of aliphatic hydroxyl groups excluding tert-OH is 1. The van der Waals surface area contributed by atoms with E-state index in [1.807, 2.05) is 6.07 Å². The van der Waals surface area contributed by atoms with Gasteiger partial charge in [-0.2, -0.15) is 0 Å². The molecule has 20 heavy (non-hydrogen) atoms. The molecule has 5 heteroatoms. The van der Waals surface area contributed by atoms with Crippen LogP contribution in [0.3, 0.4) is 0 Å². The van der Waals surface area contributed by atoms with Gasteiger partial charge in [-0.25, -0.2) is 0 Å². The van der Waals surface area contributed by atoms with Crippen molar-refractivity contribution in [3.8, 4) is 0 Å². The zero-order valence-electron chi connectivity index (χ0n) is 11.2. The normalized spacial score (nSPS) is 15.9. The van der Waals surface area contributed by atoms with E-state index in [0.717, 1.165) is 18.4 Å². The first kappa shape index (κ1) is 15.6. The molecule has 2 N–H and O–H groups in total. The average Bonchev–Trinajstić information content (AvgIpc) is 3.24. The lowest BCUT2D eigenvalue weighted by Crippen LogP contribution is -2.37. The van der Waals surface area contributed by atoms with Gasteiger partial charge in [0.25, 0.3) is 0 Å². The molecule has 0 aromatic heterocycles. The first-order valence-corrected chi connectivity index (χ1v) is 7.70. The van der Waals surface area contributed by atoms with Gasteiger partial charge >= 0.3 is 0 Å². The highest BCUT2D eigenvalue weighted by Crippen LogP contribution is 2.34. The number of rotatable bonds is 7. The van der Waals surface area contributed by atoms with E-state index in [9.17, 15) is 4.79 Å². The number of hydrogen-bond donors (Lipinski definition) is 2. The summed E-state index contributed by atoms with van der Waals surface area (Å²) in [6, 6.07) is 5.55. The van der Waals surface area contributed by atoms with Crippen molar-refractivity contribution < 1.29 is 9.90 Å². The predicted octanol–water partition coefficient (Wildman–Crippen LogP) is 3.20. The summed E-state index contributed by atoms with van der Waals surface area (Å²) in [6.45, 7) is 0.119. The van der Waals surface area contributed by atoms with Crippen LogP contribution in [0.2, 0.25) is 10.0 Å². The molecular weight excluding hydrogens is 297 g/mol. The van der Waals surface area contributed by atoms with Crippen LogP contribution in [0.15, 0.2) is 18.2 Å². The molecule has 0 radical (unpaired) electrons. The lowest BCUT2D eigenvalue weighted by molar-refractivity contribution is -0.122. The Bertz CT molecular complexity index is 475. The largest absolute Gasteiger partial charge is 0.396 e. The lowest BCUT2D eigenvalue weighted by atomic mass is 10.1. The lowest BCUT2D eigenvalue weighted by Gasteiger charge is -2.17. The molecule has 0 heterocycles. The van der Waals surface area contributed by atoms with Crippen LogP contribution in [0.25, 0.3) is 0 Å². The SMILES string of the molecule is O=C(CCc1ccc(Cl)c(Cl)c1)NC(CCO)C1CC1. The number of hydrogen-bond acceptors (Lipinski definition) is 2. The van der Waals surface area contributed by atoms with Gasteiger partial charge in [0, 0.05) is 19.1 Å². The second-order valence-electron chi connectivity index (χ2n) is 5.27. The summed E-state index contributed by atoms with van der Waals surface area (Å²) in [7, 11) is 0. The number of benzene rings is 1. The average molecular weight is 316 g/mol. The molecule has 0 bridgehead atoms. The Hall–Kier alpha value is -0.770. The second kappa shape index (κ2) is 7.30. The number of carbonyl (C=O) groups is 1.